The molecule has 170 valence electrons. The van der Waals surface area contributed by atoms with Gasteiger partial charge in [0.05, 0.1) is 12.6 Å². The van der Waals surface area contributed by atoms with Crippen molar-refractivity contribution in [2.75, 3.05) is 19.6 Å². The highest BCUT2D eigenvalue weighted by Crippen LogP contribution is 2.16. The number of benzene rings is 2. The summed E-state index contributed by atoms with van der Waals surface area (Å²) in [5, 5.41) is 6.55. The maximum atomic E-state index is 13.9. The molecule has 0 spiro atoms. The standard InChI is InChI=1S/C24H33FN4O.HI/c1-6-26-24(28-18(5)21-12-9-17(4)22(25)15-21)27-16-19-10-13-20(14-11-19)23(30)29(7-2)8-3;/h9-15,18H,6-8,16H2,1-5H3,(H2,26,27,28);1H. The van der Waals surface area contributed by atoms with Crippen LogP contribution in [0.15, 0.2) is 47.5 Å². The summed E-state index contributed by atoms with van der Waals surface area (Å²) in [5.74, 6) is 0.501. The molecule has 0 saturated heterocycles. The summed E-state index contributed by atoms with van der Waals surface area (Å²) in [6.45, 7) is 12.3. The van der Waals surface area contributed by atoms with Gasteiger partial charge >= 0.3 is 0 Å². The number of nitrogens with one attached hydrogen (secondary N) is 2. The molecule has 0 radical (unpaired) electrons. The number of hydrogen-bond donors (Lipinski definition) is 2. The molecule has 31 heavy (non-hydrogen) atoms. The van der Waals surface area contributed by atoms with Gasteiger partial charge in [0.15, 0.2) is 5.96 Å². The largest absolute Gasteiger partial charge is 0.357 e. The maximum Gasteiger partial charge on any atom is 0.253 e. The van der Waals surface area contributed by atoms with Gasteiger partial charge in [-0.2, -0.15) is 0 Å². The average molecular weight is 540 g/mol. The molecule has 2 aromatic carbocycles. The molecule has 5 nitrogen and oxygen atoms in total. The fraction of sp³-hybridized carbons (Fsp3) is 0.417. The Morgan fingerprint density at radius 1 is 1.10 bits per heavy atom. The minimum atomic E-state index is -0.206. The number of amides is 1. The van der Waals surface area contributed by atoms with Gasteiger partial charge < -0.3 is 15.5 Å². The van der Waals surface area contributed by atoms with E-state index in [1.807, 2.05) is 58.0 Å². The van der Waals surface area contributed by atoms with Crippen molar-refractivity contribution in [2.24, 2.45) is 4.99 Å². The van der Waals surface area contributed by atoms with Gasteiger partial charge in [-0.3, -0.25) is 4.79 Å². The molecule has 0 aliphatic heterocycles. The molecule has 7 heteroatoms. The molecule has 0 heterocycles. The molecule has 0 aliphatic carbocycles. The molecular weight excluding hydrogens is 506 g/mol. The van der Waals surface area contributed by atoms with E-state index in [2.05, 4.69) is 15.6 Å². The number of nitrogens with zero attached hydrogens (tertiary/aromatic N) is 2. The van der Waals surface area contributed by atoms with Crippen LogP contribution in [0.25, 0.3) is 0 Å². The summed E-state index contributed by atoms with van der Waals surface area (Å²) < 4.78 is 13.9. The normalized spacial score (nSPS) is 12.0. The van der Waals surface area contributed by atoms with Crippen LogP contribution < -0.4 is 10.6 Å². The van der Waals surface area contributed by atoms with Crippen LogP contribution in [-0.2, 0) is 6.54 Å². The summed E-state index contributed by atoms with van der Waals surface area (Å²) in [7, 11) is 0. The highest BCUT2D eigenvalue weighted by molar-refractivity contribution is 14.0. The van der Waals surface area contributed by atoms with Crippen LogP contribution in [-0.4, -0.2) is 36.4 Å². The zero-order chi connectivity index (χ0) is 22.1. The second-order valence-electron chi connectivity index (χ2n) is 7.24. The predicted octanol–water partition coefficient (Wildman–Crippen LogP) is 5.05. The molecule has 0 fully saturated rings. The minimum absolute atomic E-state index is 0. The Balaban J connectivity index is 0.00000480. The van der Waals surface area contributed by atoms with E-state index in [0.717, 1.165) is 17.7 Å². The molecule has 0 bridgehead atoms. The number of aryl methyl sites for hydroxylation is 1. The second kappa shape index (κ2) is 13.3. The number of hydrogen-bond acceptors (Lipinski definition) is 2. The first-order valence-corrected chi connectivity index (χ1v) is 10.6. The van der Waals surface area contributed by atoms with Crippen molar-refractivity contribution in [3.8, 4) is 0 Å². The van der Waals surface area contributed by atoms with Gasteiger partial charge in [0.25, 0.3) is 5.91 Å². The van der Waals surface area contributed by atoms with E-state index in [9.17, 15) is 9.18 Å². The maximum absolute atomic E-state index is 13.9. The molecule has 1 unspecified atom stereocenters. The quantitative estimate of drug-likeness (QED) is 0.280. The van der Waals surface area contributed by atoms with E-state index in [1.54, 1.807) is 24.0 Å². The lowest BCUT2D eigenvalue weighted by Gasteiger charge is -2.19. The monoisotopic (exact) mass is 540 g/mol. The number of aliphatic imine (C=N–C) groups is 1. The Hall–Kier alpha value is -2.16. The Labute approximate surface area is 202 Å². The number of halogens is 2. The highest BCUT2D eigenvalue weighted by atomic mass is 127. The number of carbonyl (C=O) groups excluding carboxylic acids is 1. The van der Waals surface area contributed by atoms with Crippen molar-refractivity contribution in [1.29, 1.82) is 0 Å². The lowest BCUT2D eigenvalue weighted by atomic mass is 10.1. The highest BCUT2D eigenvalue weighted by Gasteiger charge is 2.12. The Morgan fingerprint density at radius 2 is 1.74 bits per heavy atom. The molecular formula is C24H34FIN4O. The van der Waals surface area contributed by atoms with Gasteiger partial charge in [-0.25, -0.2) is 9.38 Å². The van der Waals surface area contributed by atoms with Crippen LogP contribution in [0.2, 0.25) is 0 Å². The van der Waals surface area contributed by atoms with Crippen LogP contribution in [0.3, 0.4) is 0 Å². The van der Waals surface area contributed by atoms with E-state index >= 15 is 0 Å². The van der Waals surface area contributed by atoms with E-state index in [4.69, 9.17) is 0 Å². The van der Waals surface area contributed by atoms with Gasteiger partial charge in [-0.05, 0) is 69.5 Å². The molecule has 0 aromatic heterocycles. The smallest absolute Gasteiger partial charge is 0.253 e. The Bertz CT molecular complexity index is 866. The first-order chi connectivity index (χ1) is 14.4. The second-order valence-corrected chi connectivity index (χ2v) is 7.24. The molecule has 2 aromatic rings. The molecule has 1 amide bonds. The van der Waals surface area contributed by atoms with Crippen molar-refractivity contribution in [3.05, 3.63) is 70.5 Å². The van der Waals surface area contributed by atoms with Crippen LogP contribution >= 0.6 is 24.0 Å². The summed E-state index contributed by atoms with van der Waals surface area (Å²) in [6.07, 6.45) is 0. The summed E-state index contributed by atoms with van der Waals surface area (Å²) in [5.41, 5.74) is 3.20. The molecule has 2 N–H and O–H groups in total. The molecule has 2 rings (SSSR count). The summed E-state index contributed by atoms with van der Waals surface area (Å²) in [4.78, 5) is 18.9. The SMILES string of the molecule is CCNC(=NCc1ccc(C(=O)N(CC)CC)cc1)NC(C)c1ccc(C)c(F)c1.I. The van der Waals surface area contributed by atoms with Gasteiger partial charge in [0.1, 0.15) is 5.82 Å². The third-order valence-corrected chi connectivity index (χ3v) is 5.06. The third-order valence-electron chi connectivity index (χ3n) is 5.06. The van der Waals surface area contributed by atoms with Crippen molar-refractivity contribution < 1.29 is 9.18 Å². The van der Waals surface area contributed by atoms with E-state index in [-0.39, 0.29) is 41.7 Å². The van der Waals surface area contributed by atoms with Gasteiger partial charge in [-0.15, -0.1) is 24.0 Å². The lowest BCUT2D eigenvalue weighted by molar-refractivity contribution is 0.0773. The summed E-state index contributed by atoms with van der Waals surface area (Å²) >= 11 is 0. The molecule has 1 atom stereocenters. The van der Waals surface area contributed by atoms with Crippen LogP contribution in [0.1, 0.15) is 60.8 Å². The fourth-order valence-corrected chi connectivity index (χ4v) is 3.10. The third kappa shape index (κ3) is 7.79. The zero-order valence-corrected chi connectivity index (χ0v) is 21.4. The number of rotatable bonds is 8. The first-order valence-electron chi connectivity index (χ1n) is 10.6. The fourth-order valence-electron chi connectivity index (χ4n) is 3.10. The average Bonchev–Trinajstić information content (AvgIpc) is 2.75. The van der Waals surface area contributed by atoms with Crippen LogP contribution in [0.4, 0.5) is 4.39 Å². The van der Waals surface area contributed by atoms with Gasteiger partial charge in [0.2, 0.25) is 0 Å². The van der Waals surface area contributed by atoms with Gasteiger partial charge in [-0.1, -0.05) is 24.3 Å². The van der Waals surface area contributed by atoms with Crippen molar-refractivity contribution in [3.63, 3.8) is 0 Å². The Morgan fingerprint density at radius 3 is 2.29 bits per heavy atom. The van der Waals surface area contributed by atoms with Crippen molar-refractivity contribution in [1.82, 2.24) is 15.5 Å². The van der Waals surface area contributed by atoms with E-state index in [1.165, 1.54) is 0 Å². The number of guanidine groups is 1. The summed E-state index contributed by atoms with van der Waals surface area (Å²) in [6, 6.07) is 12.7. The topological polar surface area (TPSA) is 56.7 Å². The van der Waals surface area contributed by atoms with Gasteiger partial charge in [0, 0.05) is 25.2 Å². The minimum Gasteiger partial charge on any atom is -0.357 e. The molecule has 0 saturated carbocycles. The van der Waals surface area contributed by atoms with E-state index in [0.29, 0.717) is 36.7 Å². The lowest BCUT2D eigenvalue weighted by Crippen LogP contribution is -2.38. The predicted molar refractivity (Wildman–Crippen MR) is 137 cm³/mol. The van der Waals surface area contributed by atoms with Crippen molar-refractivity contribution in [2.45, 2.75) is 47.2 Å². The first kappa shape index (κ1) is 26.9. The van der Waals surface area contributed by atoms with Crippen LogP contribution in [0.5, 0.6) is 0 Å². The Kier molecular flexibility index (Phi) is 11.5. The number of carbonyl (C=O) groups is 1. The molecule has 0 aliphatic rings. The van der Waals surface area contributed by atoms with E-state index < -0.39 is 0 Å². The van der Waals surface area contributed by atoms with Crippen LogP contribution in [0, 0.1) is 12.7 Å². The zero-order valence-electron chi connectivity index (χ0n) is 19.0. The van der Waals surface area contributed by atoms with Crippen molar-refractivity contribution >= 4 is 35.8 Å².